The van der Waals surface area contributed by atoms with E-state index < -0.39 is 17.2 Å². The third-order valence-electron chi connectivity index (χ3n) is 5.69. The minimum Gasteiger partial charge on any atom is -0.369 e. The quantitative estimate of drug-likeness (QED) is 0.583. The second kappa shape index (κ2) is 8.25. The standard InChI is InChI=1S/C21H23N7O4/c1-26-18-14(20(31)27(2)21(26)32)6-7-15(25-18)19(30)24-13-5-8-16(23-10-13)28-9-3-4-12(11-28)17(22)29/h5-8,10,12H,3-4,9,11H2,1-2H3,(H2,22,29)(H,24,30). The first-order valence-electron chi connectivity index (χ1n) is 10.1. The van der Waals surface area contributed by atoms with Gasteiger partial charge in [0.25, 0.3) is 11.5 Å². The molecule has 11 nitrogen and oxygen atoms in total. The number of anilines is 2. The number of rotatable bonds is 4. The third kappa shape index (κ3) is 3.84. The summed E-state index contributed by atoms with van der Waals surface area (Å²) in [6, 6.07) is 6.38. The van der Waals surface area contributed by atoms with Crippen LogP contribution in [0.25, 0.3) is 11.0 Å². The Bertz CT molecular complexity index is 1330. The Morgan fingerprint density at radius 1 is 1.12 bits per heavy atom. The first kappa shape index (κ1) is 21.2. The van der Waals surface area contributed by atoms with Gasteiger partial charge in [-0.25, -0.2) is 14.8 Å². The molecule has 0 bridgehead atoms. The van der Waals surface area contributed by atoms with E-state index in [2.05, 4.69) is 15.3 Å². The van der Waals surface area contributed by atoms with Gasteiger partial charge in [-0.3, -0.25) is 23.5 Å². The maximum atomic E-state index is 12.7. The van der Waals surface area contributed by atoms with Gasteiger partial charge in [0.15, 0.2) is 0 Å². The van der Waals surface area contributed by atoms with E-state index in [4.69, 9.17) is 5.73 Å². The fourth-order valence-electron chi connectivity index (χ4n) is 3.84. The molecule has 4 rings (SSSR count). The molecule has 1 saturated heterocycles. The van der Waals surface area contributed by atoms with Crippen molar-refractivity contribution in [3.05, 3.63) is 57.0 Å². The average molecular weight is 437 g/mol. The number of aryl methyl sites for hydroxylation is 1. The van der Waals surface area contributed by atoms with Crippen LogP contribution in [0.15, 0.2) is 40.1 Å². The molecule has 0 spiro atoms. The number of nitrogens with one attached hydrogen (secondary N) is 1. The van der Waals surface area contributed by atoms with Crippen LogP contribution in [0, 0.1) is 5.92 Å². The number of carbonyl (C=O) groups is 2. The zero-order valence-corrected chi connectivity index (χ0v) is 17.7. The minimum atomic E-state index is -0.524. The summed E-state index contributed by atoms with van der Waals surface area (Å²) < 4.78 is 2.22. The number of carbonyl (C=O) groups excluding carboxylic acids is 2. The number of pyridine rings is 2. The molecular weight excluding hydrogens is 414 g/mol. The van der Waals surface area contributed by atoms with Gasteiger partial charge in [-0.1, -0.05) is 0 Å². The van der Waals surface area contributed by atoms with Crippen LogP contribution in [0.4, 0.5) is 11.5 Å². The van der Waals surface area contributed by atoms with Crippen molar-refractivity contribution in [1.29, 1.82) is 0 Å². The number of primary amides is 1. The Morgan fingerprint density at radius 3 is 2.59 bits per heavy atom. The van der Waals surface area contributed by atoms with Crippen LogP contribution >= 0.6 is 0 Å². The first-order valence-corrected chi connectivity index (χ1v) is 10.1. The summed E-state index contributed by atoms with van der Waals surface area (Å²) in [4.78, 5) is 59.2. The maximum absolute atomic E-state index is 12.7. The molecule has 3 aromatic heterocycles. The Hall–Kier alpha value is -4.02. The lowest BCUT2D eigenvalue weighted by Gasteiger charge is -2.32. The lowest BCUT2D eigenvalue weighted by molar-refractivity contribution is -0.122. The average Bonchev–Trinajstić information content (AvgIpc) is 2.81. The summed E-state index contributed by atoms with van der Waals surface area (Å²) in [5, 5.41) is 2.96. The highest BCUT2D eigenvalue weighted by atomic mass is 16.2. The van der Waals surface area contributed by atoms with Crippen molar-refractivity contribution in [3.8, 4) is 0 Å². The Morgan fingerprint density at radius 2 is 1.91 bits per heavy atom. The minimum absolute atomic E-state index is 0.0603. The summed E-state index contributed by atoms with van der Waals surface area (Å²) in [5.41, 5.74) is 5.09. The molecule has 0 aliphatic carbocycles. The molecule has 1 fully saturated rings. The molecule has 3 aromatic rings. The fraction of sp³-hybridized carbons (Fsp3) is 0.333. The topological polar surface area (TPSA) is 145 Å². The van der Waals surface area contributed by atoms with Crippen molar-refractivity contribution in [2.75, 3.05) is 23.3 Å². The molecule has 32 heavy (non-hydrogen) atoms. The SMILES string of the molecule is Cn1c(=O)c2ccc(C(=O)Nc3ccc(N4CCCC(C(N)=O)C4)nc3)nc2n(C)c1=O. The molecule has 2 amide bonds. The molecule has 1 aliphatic rings. The molecule has 0 saturated carbocycles. The van der Waals surface area contributed by atoms with Crippen molar-refractivity contribution in [2.24, 2.45) is 25.7 Å². The Kier molecular flexibility index (Phi) is 5.47. The molecule has 3 N–H and O–H groups in total. The summed E-state index contributed by atoms with van der Waals surface area (Å²) >= 11 is 0. The van der Waals surface area contributed by atoms with E-state index >= 15 is 0 Å². The van der Waals surface area contributed by atoms with Crippen molar-refractivity contribution in [1.82, 2.24) is 19.1 Å². The summed E-state index contributed by atoms with van der Waals surface area (Å²) in [6.45, 7) is 1.30. The molecular formula is C21H23N7O4. The van der Waals surface area contributed by atoms with Gasteiger partial charge in [0.05, 0.1) is 23.2 Å². The summed E-state index contributed by atoms with van der Waals surface area (Å²) in [6.07, 6.45) is 3.15. The van der Waals surface area contributed by atoms with Gasteiger partial charge >= 0.3 is 5.69 Å². The molecule has 11 heteroatoms. The van der Waals surface area contributed by atoms with E-state index in [1.165, 1.54) is 37.0 Å². The number of nitrogens with zero attached hydrogens (tertiary/aromatic N) is 5. The van der Waals surface area contributed by atoms with Crippen molar-refractivity contribution < 1.29 is 9.59 Å². The zero-order chi connectivity index (χ0) is 23.0. The van der Waals surface area contributed by atoms with Crippen LogP contribution in [-0.4, -0.2) is 44.0 Å². The predicted octanol–water partition coefficient (Wildman–Crippen LogP) is -0.0188. The van der Waals surface area contributed by atoms with E-state index in [1.54, 1.807) is 12.1 Å². The number of fused-ring (bicyclic) bond motifs is 1. The van der Waals surface area contributed by atoms with Crippen LogP contribution < -0.4 is 27.2 Å². The van der Waals surface area contributed by atoms with Gasteiger partial charge in [0.2, 0.25) is 5.91 Å². The van der Waals surface area contributed by atoms with Crippen molar-refractivity contribution in [2.45, 2.75) is 12.8 Å². The van der Waals surface area contributed by atoms with E-state index in [-0.39, 0.29) is 28.6 Å². The van der Waals surface area contributed by atoms with E-state index in [0.29, 0.717) is 18.1 Å². The molecule has 1 unspecified atom stereocenters. The molecule has 1 atom stereocenters. The Labute approximate surface area is 182 Å². The number of nitrogens with two attached hydrogens (primary N) is 1. The monoisotopic (exact) mass is 437 g/mol. The highest BCUT2D eigenvalue weighted by molar-refractivity contribution is 6.03. The molecule has 166 valence electrons. The molecule has 4 heterocycles. The van der Waals surface area contributed by atoms with Gasteiger partial charge in [-0.05, 0) is 37.1 Å². The smallest absolute Gasteiger partial charge is 0.332 e. The molecule has 0 radical (unpaired) electrons. The van der Waals surface area contributed by atoms with Gasteiger partial charge in [0.1, 0.15) is 17.2 Å². The highest BCUT2D eigenvalue weighted by Gasteiger charge is 2.24. The van der Waals surface area contributed by atoms with Crippen LogP contribution in [0.5, 0.6) is 0 Å². The third-order valence-corrected chi connectivity index (χ3v) is 5.69. The fourth-order valence-corrected chi connectivity index (χ4v) is 3.84. The van der Waals surface area contributed by atoms with Crippen LogP contribution in [0.1, 0.15) is 23.3 Å². The zero-order valence-electron chi connectivity index (χ0n) is 17.7. The maximum Gasteiger partial charge on any atom is 0.332 e. The number of hydrogen-bond acceptors (Lipinski definition) is 7. The molecule has 0 aromatic carbocycles. The number of aromatic nitrogens is 4. The first-order chi connectivity index (χ1) is 15.3. The van der Waals surface area contributed by atoms with E-state index in [1.807, 2.05) is 4.90 Å². The highest BCUT2D eigenvalue weighted by Crippen LogP contribution is 2.22. The lowest BCUT2D eigenvalue weighted by atomic mass is 9.97. The second-order valence-corrected chi connectivity index (χ2v) is 7.82. The van der Waals surface area contributed by atoms with Gasteiger partial charge in [0, 0.05) is 27.2 Å². The van der Waals surface area contributed by atoms with Crippen LogP contribution in [0.2, 0.25) is 0 Å². The van der Waals surface area contributed by atoms with Crippen molar-refractivity contribution >= 4 is 34.4 Å². The predicted molar refractivity (Wildman–Crippen MR) is 119 cm³/mol. The van der Waals surface area contributed by atoms with Gasteiger partial charge < -0.3 is 16.0 Å². The van der Waals surface area contributed by atoms with Gasteiger partial charge in [-0.15, -0.1) is 0 Å². The second-order valence-electron chi connectivity index (χ2n) is 7.82. The normalized spacial score (nSPS) is 16.2. The molecule has 1 aliphatic heterocycles. The van der Waals surface area contributed by atoms with Crippen molar-refractivity contribution in [3.63, 3.8) is 0 Å². The summed E-state index contributed by atoms with van der Waals surface area (Å²) in [5.74, 6) is -0.307. The van der Waals surface area contributed by atoms with E-state index in [0.717, 1.165) is 24.0 Å². The van der Waals surface area contributed by atoms with Crippen LogP contribution in [0.3, 0.4) is 0 Å². The van der Waals surface area contributed by atoms with E-state index in [9.17, 15) is 19.2 Å². The number of piperidine rings is 1. The van der Waals surface area contributed by atoms with Crippen LogP contribution in [-0.2, 0) is 18.9 Å². The largest absolute Gasteiger partial charge is 0.369 e. The number of hydrogen-bond donors (Lipinski definition) is 2. The van der Waals surface area contributed by atoms with Gasteiger partial charge in [-0.2, -0.15) is 0 Å². The number of amides is 2. The Balaban J connectivity index is 1.53. The summed E-state index contributed by atoms with van der Waals surface area (Å²) in [7, 11) is 2.88. The lowest BCUT2D eigenvalue weighted by Crippen LogP contribution is -2.41.